The molecule has 2 aliphatic rings. The van der Waals surface area contributed by atoms with E-state index in [9.17, 15) is 10.1 Å². The number of H-pyrrole nitrogens is 1. The predicted molar refractivity (Wildman–Crippen MR) is 125 cm³/mol. The largest absolute Gasteiger partial charge is 0.496 e. The van der Waals surface area contributed by atoms with Crippen molar-refractivity contribution in [2.24, 2.45) is 5.73 Å². The number of benzene rings is 2. The Kier molecular flexibility index (Phi) is 5.19. The molecule has 7 nitrogen and oxygen atoms in total. The molecule has 0 saturated carbocycles. The third kappa shape index (κ3) is 3.37. The molecule has 3 N–H and O–H groups in total. The topological polar surface area (TPSA) is 108 Å². The van der Waals surface area contributed by atoms with Crippen molar-refractivity contribution in [3.05, 3.63) is 88.9 Å². The molecule has 7 heteroatoms. The van der Waals surface area contributed by atoms with E-state index >= 15 is 0 Å². The number of nitrogens with two attached hydrogens (primary N) is 1. The van der Waals surface area contributed by atoms with Gasteiger partial charge in [-0.15, -0.1) is 0 Å². The summed E-state index contributed by atoms with van der Waals surface area (Å²) in [4.78, 5) is 15.0. The Hall–Kier alpha value is -4.31. The van der Waals surface area contributed by atoms with E-state index in [0.29, 0.717) is 35.6 Å². The summed E-state index contributed by atoms with van der Waals surface area (Å²) >= 11 is 0. The fourth-order valence-electron chi connectivity index (χ4n) is 4.76. The van der Waals surface area contributed by atoms with Crippen molar-refractivity contribution in [1.82, 2.24) is 10.2 Å². The first-order valence-corrected chi connectivity index (χ1v) is 10.8. The Morgan fingerprint density at radius 2 is 1.91 bits per heavy atom. The van der Waals surface area contributed by atoms with E-state index in [1.54, 1.807) is 12.0 Å². The van der Waals surface area contributed by atoms with Crippen LogP contribution in [0.25, 0.3) is 11.3 Å². The van der Waals surface area contributed by atoms with E-state index in [0.717, 1.165) is 28.9 Å². The smallest absolute Gasteiger partial charge is 0.161 e. The van der Waals surface area contributed by atoms with Crippen molar-refractivity contribution in [2.45, 2.75) is 25.2 Å². The number of para-hydroxylation sites is 1. The lowest BCUT2D eigenvalue weighted by atomic mass is 9.75. The number of methoxy groups -OCH3 is 1. The Morgan fingerprint density at radius 3 is 2.67 bits per heavy atom. The number of ketones is 1. The number of hydrogen-bond acceptors (Lipinski definition) is 6. The van der Waals surface area contributed by atoms with Gasteiger partial charge in [0.15, 0.2) is 11.6 Å². The molecule has 5 rings (SSSR count). The first-order valence-electron chi connectivity index (χ1n) is 10.8. The number of nitrogens with zero attached hydrogens (tertiary/aromatic N) is 3. The summed E-state index contributed by atoms with van der Waals surface area (Å²) in [5.74, 6) is 0.912. The van der Waals surface area contributed by atoms with Gasteiger partial charge in [-0.1, -0.05) is 48.5 Å². The fraction of sp³-hybridized carbons (Fsp3) is 0.192. The third-order valence-corrected chi connectivity index (χ3v) is 6.24. The molecule has 1 aromatic heterocycles. The lowest BCUT2D eigenvalue weighted by Crippen LogP contribution is -2.39. The van der Waals surface area contributed by atoms with Crippen LogP contribution < -0.4 is 15.4 Å². The highest BCUT2D eigenvalue weighted by Crippen LogP contribution is 2.48. The van der Waals surface area contributed by atoms with Gasteiger partial charge < -0.3 is 10.5 Å². The van der Waals surface area contributed by atoms with Gasteiger partial charge in [-0.3, -0.25) is 14.8 Å². The average molecular weight is 438 g/mol. The van der Waals surface area contributed by atoms with Crippen LogP contribution in [0.3, 0.4) is 0 Å². The molecule has 1 atom stereocenters. The summed E-state index contributed by atoms with van der Waals surface area (Å²) in [7, 11) is 1.58. The monoisotopic (exact) mass is 437 g/mol. The highest BCUT2D eigenvalue weighted by atomic mass is 16.5. The minimum atomic E-state index is -0.572. The minimum absolute atomic E-state index is 0.0243. The van der Waals surface area contributed by atoms with E-state index in [-0.39, 0.29) is 11.6 Å². The van der Waals surface area contributed by atoms with Gasteiger partial charge in [-0.2, -0.15) is 10.4 Å². The molecule has 0 spiro atoms. The Morgan fingerprint density at radius 1 is 1.15 bits per heavy atom. The molecule has 0 bridgehead atoms. The number of nitriles is 1. The Bertz CT molecular complexity index is 1330. The van der Waals surface area contributed by atoms with Crippen molar-refractivity contribution >= 4 is 11.6 Å². The van der Waals surface area contributed by atoms with Crippen LogP contribution in [0.5, 0.6) is 5.75 Å². The minimum Gasteiger partial charge on any atom is -0.496 e. The van der Waals surface area contributed by atoms with E-state index in [4.69, 9.17) is 10.5 Å². The van der Waals surface area contributed by atoms with E-state index in [2.05, 4.69) is 16.3 Å². The molecule has 0 fully saturated rings. The molecule has 2 heterocycles. The first-order chi connectivity index (χ1) is 16.1. The second kappa shape index (κ2) is 8.32. The SMILES string of the molecule is COc1ccccc1C1C(C#N)=C(N)N(c2cc(-c3ccccc3)[nH]n2)C2=C1C(=O)CCC2. The number of anilines is 1. The summed E-state index contributed by atoms with van der Waals surface area (Å²) in [5, 5.41) is 17.7. The number of hydrogen-bond donors (Lipinski definition) is 2. The molecule has 164 valence electrons. The summed E-state index contributed by atoms with van der Waals surface area (Å²) < 4.78 is 5.57. The van der Waals surface area contributed by atoms with Gasteiger partial charge in [0, 0.05) is 29.3 Å². The zero-order chi connectivity index (χ0) is 22.9. The molecule has 0 amide bonds. The van der Waals surface area contributed by atoms with Gasteiger partial charge in [0.1, 0.15) is 11.6 Å². The highest BCUT2D eigenvalue weighted by Gasteiger charge is 2.41. The van der Waals surface area contributed by atoms with Crippen LogP contribution in [0, 0.1) is 11.3 Å². The van der Waals surface area contributed by atoms with Gasteiger partial charge in [0.2, 0.25) is 0 Å². The molecule has 1 aliphatic heterocycles. The Labute approximate surface area is 191 Å². The number of carbonyl (C=O) groups is 1. The number of carbonyl (C=O) groups excluding carboxylic acids is 1. The van der Waals surface area contributed by atoms with Crippen LogP contribution >= 0.6 is 0 Å². The van der Waals surface area contributed by atoms with E-state index in [1.165, 1.54) is 0 Å². The van der Waals surface area contributed by atoms with Crippen molar-refractivity contribution in [3.63, 3.8) is 0 Å². The molecular formula is C26H23N5O2. The number of Topliss-reactive ketones (excluding diaryl/α,β-unsaturated/α-hetero) is 1. The van der Waals surface area contributed by atoms with Gasteiger partial charge in [-0.25, -0.2) is 0 Å². The highest BCUT2D eigenvalue weighted by molar-refractivity contribution is 6.01. The lowest BCUT2D eigenvalue weighted by Gasteiger charge is -2.38. The van der Waals surface area contributed by atoms with Crippen LogP contribution in [0.15, 0.2) is 83.3 Å². The van der Waals surface area contributed by atoms with Gasteiger partial charge in [0.05, 0.1) is 30.4 Å². The summed E-state index contributed by atoms with van der Waals surface area (Å²) in [6.45, 7) is 0. The standard InChI is InChI=1S/C26H23N5O2/c1-33-22-13-6-5-10-17(22)24-18(15-27)26(28)31(20-11-7-12-21(32)25(20)24)23-14-19(29-30-23)16-8-3-2-4-9-16/h2-6,8-10,13-14,24H,7,11-12,28H2,1H3,(H,29,30). The lowest BCUT2D eigenvalue weighted by molar-refractivity contribution is -0.116. The number of nitrogens with one attached hydrogen (secondary N) is 1. The van der Waals surface area contributed by atoms with Crippen molar-refractivity contribution in [1.29, 1.82) is 5.26 Å². The van der Waals surface area contributed by atoms with Crippen molar-refractivity contribution in [2.75, 3.05) is 12.0 Å². The number of allylic oxidation sites excluding steroid dienone is 3. The third-order valence-electron chi connectivity index (χ3n) is 6.24. The Balaban J connectivity index is 1.69. The maximum absolute atomic E-state index is 13.3. The molecule has 0 radical (unpaired) electrons. The van der Waals surface area contributed by atoms with E-state index in [1.807, 2.05) is 60.7 Å². The quantitative estimate of drug-likeness (QED) is 0.627. The predicted octanol–water partition coefficient (Wildman–Crippen LogP) is 4.39. The number of ether oxygens (including phenoxy) is 1. The van der Waals surface area contributed by atoms with Crippen molar-refractivity contribution in [3.8, 4) is 23.1 Å². The maximum atomic E-state index is 13.3. The summed E-state index contributed by atoms with van der Waals surface area (Å²) in [6, 6.07) is 21.5. The van der Waals surface area contributed by atoms with Crippen LogP contribution in [0.1, 0.15) is 30.7 Å². The summed E-state index contributed by atoms with van der Waals surface area (Å²) in [5.41, 5.74) is 10.9. The van der Waals surface area contributed by atoms with Crippen LogP contribution in [0.2, 0.25) is 0 Å². The number of rotatable bonds is 4. The van der Waals surface area contributed by atoms with Crippen LogP contribution in [-0.2, 0) is 4.79 Å². The van der Waals surface area contributed by atoms with E-state index < -0.39 is 5.92 Å². The molecular weight excluding hydrogens is 414 g/mol. The zero-order valence-corrected chi connectivity index (χ0v) is 18.2. The first kappa shape index (κ1) is 20.6. The van der Waals surface area contributed by atoms with Crippen molar-refractivity contribution < 1.29 is 9.53 Å². The normalized spacial score (nSPS) is 18.2. The molecule has 3 aromatic rings. The summed E-state index contributed by atoms with van der Waals surface area (Å²) in [6.07, 6.45) is 1.82. The fourth-order valence-corrected chi connectivity index (χ4v) is 4.76. The molecule has 2 aromatic carbocycles. The van der Waals surface area contributed by atoms with Crippen LogP contribution in [-0.4, -0.2) is 23.1 Å². The van der Waals surface area contributed by atoms with Crippen LogP contribution in [0.4, 0.5) is 5.82 Å². The van der Waals surface area contributed by atoms with Gasteiger partial charge >= 0.3 is 0 Å². The number of aromatic nitrogens is 2. The average Bonchev–Trinajstić information content (AvgIpc) is 3.34. The number of aromatic amines is 1. The van der Waals surface area contributed by atoms with Gasteiger partial charge in [-0.05, 0) is 24.5 Å². The second-order valence-corrected chi connectivity index (χ2v) is 8.06. The maximum Gasteiger partial charge on any atom is 0.161 e. The molecule has 1 aliphatic carbocycles. The zero-order valence-electron chi connectivity index (χ0n) is 18.2. The molecule has 33 heavy (non-hydrogen) atoms. The van der Waals surface area contributed by atoms with Gasteiger partial charge in [0.25, 0.3) is 0 Å². The second-order valence-electron chi connectivity index (χ2n) is 8.06. The molecule has 1 unspecified atom stereocenters. The molecule has 0 saturated heterocycles.